The molecule has 2 atom stereocenters. The van der Waals surface area contributed by atoms with Crippen LogP contribution in [0, 0.1) is 0 Å². The van der Waals surface area contributed by atoms with Crippen LogP contribution in [0.5, 0.6) is 5.75 Å². The van der Waals surface area contributed by atoms with Crippen LogP contribution >= 0.6 is 0 Å². The molecule has 0 saturated heterocycles. The first kappa shape index (κ1) is 27.4. The van der Waals surface area contributed by atoms with E-state index in [1.165, 1.54) is 18.5 Å². The molecule has 194 valence electrons. The van der Waals surface area contributed by atoms with Crippen molar-refractivity contribution in [3.05, 3.63) is 83.9 Å². The number of amides is 2. The predicted molar refractivity (Wildman–Crippen MR) is 139 cm³/mol. The van der Waals surface area contributed by atoms with Gasteiger partial charge in [0.15, 0.2) is 11.9 Å². The molecule has 0 radical (unpaired) electrons. The second-order valence-corrected chi connectivity index (χ2v) is 8.25. The van der Waals surface area contributed by atoms with Gasteiger partial charge in [-0.05, 0) is 62.4 Å². The molecule has 0 heterocycles. The number of phenolic OH excluding ortho intramolecular Hbond substituents is 1. The number of fused-ring (bicyclic) bond motifs is 1. The number of anilines is 1. The molecule has 4 N–H and O–H groups in total. The number of aromatic hydroxyl groups is 1. The molecule has 2 amide bonds. The van der Waals surface area contributed by atoms with Gasteiger partial charge in [-0.3, -0.25) is 20.1 Å². The SMILES string of the molecule is CCO[C@H](CC/C=C/C(=O)NO)[C@H](OC(=O)Nc1ccc(C(C)=O)cc1)c1ccc(O)c2ccccc12. The van der Waals surface area contributed by atoms with Crippen LogP contribution in [0.2, 0.25) is 0 Å². The fourth-order valence-corrected chi connectivity index (χ4v) is 3.97. The Kier molecular flexibility index (Phi) is 9.76. The second-order valence-electron chi connectivity index (χ2n) is 8.25. The monoisotopic (exact) mass is 506 g/mol. The maximum Gasteiger partial charge on any atom is 0.412 e. The first-order valence-corrected chi connectivity index (χ1v) is 11.9. The van der Waals surface area contributed by atoms with Crippen LogP contribution in [0.1, 0.15) is 48.7 Å². The topological polar surface area (TPSA) is 134 Å². The Morgan fingerprint density at radius 3 is 2.35 bits per heavy atom. The van der Waals surface area contributed by atoms with Crippen LogP contribution in [0.4, 0.5) is 10.5 Å². The van der Waals surface area contributed by atoms with Gasteiger partial charge in [0.05, 0.1) is 6.10 Å². The van der Waals surface area contributed by atoms with E-state index in [0.717, 1.165) is 0 Å². The molecule has 37 heavy (non-hydrogen) atoms. The zero-order valence-corrected chi connectivity index (χ0v) is 20.6. The molecular weight excluding hydrogens is 476 g/mol. The van der Waals surface area contributed by atoms with Crippen molar-refractivity contribution in [3.8, 4) is 5.75 Å². The minimum atomic E-state index is -0.859. The van der Waals surface area contributed by atoms with Gasteiger partial charge in [0.1, 0.15) is 5.75 Å². The van der Waals surface area contributed by atoms with Gasteiger partial charge < -0.3 is 14.6 Å². The first-order chi connectivity index (χ1) is 17.8. The van der Waals surface area contributed by atoms with Crippen molar-refractivity contribution in [1.82, 2.24) is 5.48 Å². The van der Waals surface area contributed by atoms with Gasteiger partial charge >= 0.3 is 6.09 Å². The number of allylic oxidation sites excluding steroid dienone is 1. The normalized spacial score (nSPS) is 12.7. The van der Waals surface area contributed by atoms with E-state index in [-0.39, 0.29) is 11.5 Å². The number of carbonyl (C=O) groups excluding carboxylic acids is 3. The molecule has 0 aliphatic heterocycles. The molecule has 0 saturated carbocycles. The van der Waals surface area contributed by atoms with E-state index >= 15 is 0 Å². The lowest BCUT2D eigenvalue weighted by molar-refractivity contribution is -0.124. The molecule has 0 bridgehead atoms. The number of benzene rings is 3. The highest BCUT2D eigenvalue weighted by Gasteiger charge is 2.29. The van der Waals surface area contributed by atoms with Crippen molar-refractivity contribution in [2.24, 2.45) is 0 Å². The number of Topliss-reactive ketones (excluding diaryl/α,β-unsaturated/α-hetero) is 1. The van der Waals surface area contributed by atoms with Gasteiger partial charge in [-0.15, -0.1) is 0 Å². The molecule has 0 aromatic heterocycles. The smallest absolute Gasteiger partial charge is 0.412 e. The predicted octanol–water partition coefficient (Wildman–Crippen LogP) is 5.28. The third-order valence-electron chi connectivity index (χ3n) is 5.73. The molecule has 9 nitrogen and oxygen atoms in total. The van der Waals surface area contributed by atoms with Crippen molar-refractivity contribution < 1.29 is 34.2 Å². The third-order valence-corrected chi connectivity index (χ3v) is 5.73. The Bertz CT molecular complexity index is 1270. The van der Waals surface area contributed by atoms with Crippen LogP contribution in [-0.2, 0) is 14.3 Å². The summed E-state index contributed by atoms with van der Waals surface area (Å²) >= 11 is 0. The van der Waals surface area contributed by atoms with Crippen molar-refractivity contribution >= 4 is 34.2 Å². The van der Waals surface area contributed by atoms with E-state index in [2.05, 4.69) is 5.32 Å². The van der Waals surface area contributed by atoms with Crippen LogP contribution in [0.25, 0.3) is 10.8 Å². The molecule has 9 heteroatoms. The third kappa shape index (κ3) is 7.39. The van der Waals surface area contributed by atoms with Crippen LogP contribution < -0.4 is 10.8 Å². The van der Waals surface area contributed by atoms with Gasteiger partial charge in [-0.25, -0.2) is 10.3 Å². The number of hydrogen-bond acceptors (Lipinski definition) is 7. The summed E-state index contributed by atoms with van der Waals surface area (Å²) in [4.78, 5) is 35.8. The first-order valence-electron chi connectivity index (χ1n) is 11.9. The molecule has 3 aromatic carbocycles. The van der Waals surface area contributed by atoms with Gasteiger partial charge in [0, 0.05) is 34.9 Å². The number of ketones is 1. The molecule has 0 spiro atoms. The van der Waals surface area contributed by atoms with Gasteiger partial charge in [0.2, 0.25) is 0 Å². The van der Waals surface area contributed by atoms with E-state index < -0.39 is 24.2 Å². The summed E-state index contributed by atoms with van der Waals surface area (Å²) < 4.78 is 11.9. The standard InChI is InChI=1S/C28H30N2O7/c1-3-36-25(10-6-7-11-26(33)30-35)27(23-16-17-24(32)22-9-5-4-8-21(22)23)37-28(34)29-20-14-12-19(13-15-20)18(2)31/h4-5,7-9,11-17,25,27,32,35H,3,6,10H2,1-2H3,(H,29,34)(H,30,33)/b11-7+/t25-,27-/m1/s1. The van der Waals surface area contributed by atoms with Crippen molar-refractivity contribution in [2.45, 2.75) is 38.9 Å². The summed E-state index contributed by atoms with van der Waals surface area (Å²) in [5.74, 6) is -0.641. The van der Waals surface area contributed by atoms with Gasteiger partial charge in [-0.2, -0.15) is 0 Å². The molecule has 0 unspecified atom stereocenters. The summed E-state index contributed by atoms with van der Waals surface area (Å²) in [7, 11) is 0. The zero-order valence-electron chi connectivity index (χ0n) is 20.6. The largest absolute Gasteiger partial charge is 0.507 e. The Morgan fingerprint density at radius 2 is 1.70 bits per heavy atom. The van der Waals surface area contributed by atoms with Crippen LogP contribution in [-0.4, -0.2) is 40.8 Å². The molecule has 0 aliphatic rings. The lowest BCUT2D eigenvalue weighted by Crippen LogP contribution is -2.29. The average molecular weight is 507 g/mol. The number of hydrogen-bond donors (Lipinski definition) is 4. The Morgan fingerprint density at radius 1 is 1.00 bits per heavy atom. The Labute approximate surface area is 214 Å². The lowest BCUT2D eigenvalue weighted by Gasteiger charge is -2.28. The quantitative estimate of drug-likeness (QED) is 0.120. The molecule has 0 fully saturated rings. The molecule has 3 aromatic rings. The minimum absolute atomic E-state index is 0.0847. The second kappa shape index (κ2) is 13.2. The van der Waals surface area contributed by atoms with E-state index in [9.17, 15) is 19.5 Å². The maximum absolute atomic E-state index is 13.0. The number of carbonyl (C=O) groups is 3. The fraction of sp³-hybridized carbons (Fsp3) is 0.250. The minimum Gasteiger partial charge on any atom is -0.507 e. The number of ether oxygens (including phenoxy) is 2. The van der Waals surface area contributed by atoms with Crippen LogP contribution in [0.3, 0.4) is 0 Å². The van der Waals surface area contributed by atoms with Gasteiger partial charge in [-0.1, -0.05) is 36.4 Å². The highest BCUT2D eigenvalue weighted by Crippen LogP contribution is 2.36. The molecular formula is C28H30N2O7. The van der Waals surface area contributed by atoms with E-state index in [1.54, 1.807) is 54.6 Å². The zero-order chi connectivity index (χ0) is 26.8. The number of phenols is 1. The maximum atomic E-state index is 13.0. The molecule has 0 aliphatic carbocycles. The number of hydroxylamine groups is 1. The summed E-state index contributed by atoms with van der Waals surface area (Å²) in [6.45, 7) is 3.63. The summed E-state index contributed by atoms with van der Waals surface area (Å²) in [5.41, 5.74) is 3.15. The van der Waals surface area contributed by atoms with Crippen molar-refractivity contribution in [3.63, 3.8) is 0 Å². The molecule has 3 rings (SSSR count). The van der Waals surface area contributed by atoms with Crippen molar-refractivity contribution in [1.29, 1.82) is 0 Å². The van der Waals surface area contributed by atoms with Crippen LogP contribution in [0.15, 0.2) is 72.8 Å². The summed E-state index contributed by atoms with van der Waals surface area (Å²) in [6, 6.07) is 16.9. The highest BCUT2D eigenvalue weighted by atomic mass is 16.6. The number of rotatable bonds is 11. The fourth-order valence-electron chi connectivity index (χ4n) is 3.97. The number of nitrogens with one attached hydrogen (secondary N) is 2. The summed E-state index contributed by atoms with van der Waals surface area (Å²) in [6.07, 6.45) is 1.41. The van der Waals surface area contributed by atoms with E-state index in [0.29, 0.717) is 47.0 Å². The van der Waals surface area contributed by atoms with E-state index in [1.807, 2.05) is 19.1 Å². The lowest BCUT2D eigenvalue weighted by atomic mass is 9.94. The average Bonchev–Trinajstić information content (AvgIpc) is 2.90. The summed E-state index contributed by atoms with van der Waals surface area (Å²) in [5, 5.41) is 23.0. The van der Waals surface area contributed by atoms with E-state index in [4.69, 9.17) is 14.7 Å². The Hall–Kier alpha value is -4.21. The highest BCUT2D eigenvalue weighted by molar-refractivity contribution is 5.95. The Balaban J connectivity index is 1.92. The van der Waals surface area contributed by atoms with Crippen molar-refractivity contribution in [2.75, 3.05) is 11.9 Å². The van der Waals surface area contributed by atoms with Gasteiger partial charge in [0.25, 0.3) is 5.91 Å².